The summed E-state index contributed by atoms with van der Waals surface area (Å²) in [6.45, 7) is 2.09. The number of thioether (sulfide) groups is 1. The molecule has 0 N–H and O–H groups in total. The van der Waals surface area contributed by atoms with Gasteiger partial charge in [0.15, 0.2) is 0 Å². The van der Waals surface area contributed by atoms with E-state index in [-0.39, 0.29) is 17.4 Å². The Morgan fingerprint density at radius 3 is 2.57 bits per heavy atom. The van der Waals surface area contributed by atoms with E-state index in [1.54, 1.807) is 37.7 Å². The normalized spacial score (nSPS) is 21.2. The molecule has 1 fully saturated rings. The Morgan fingerprint density at radius 2 is 2.00 bits per heavy atom. The van der Waals surface area contributed by atoms with Gasteiger partial charge in [0, 0.05) is 19.8 Å². The predicted molar refractivity (Wildman–Crippen MR) is 83.0 cm³/mol. The van der Waals surface area contributed by atoms with Gasteiger partial charge < -0.3 is 9.64 Å². The number of benzene rings is 1. The first-order chi connectivity index (χ1) is 10.1. The molecule has 0 bridgehead atoms. The van der Waals surface area contributed by atoms with Crippen LogP contribution in [0.2, 0.25) is 0 Å². The summed E-state index contributed by atoms with van der Waals surface area (Å²) in [6, 6.07) is 9.05. The van der Waals surface area contributed by atoms with Crippen LogP contribution in [0.3, 0.4) is 0 Å². The molecule has 1 aromatic carbocycles. The van der Waals surface area contributed by atoms with Crippen molar-refractivity contribution in [2.24, 2.45) is 0 Å². The van der Waals surface area contributed by atoms with Crippen molar-refractivity contribution in [3.05, 3.63) is 35.9 Å². The lowest BCUT2D eigenvalue weighted by Gasteiger charge is -2.30. The molecule has 2 amide bonds. The summed E-state index contributed by atoms with van der Waals surface area (Å²) in [4.78, 5) is 27.7. The minimum Gasteiger partial charge on any atom is -0.464 e. The van der Waals surface area contributed by atoms with Crippen LogP contribution in [0.1, 0.15) is 17.9 Å². The number of nitrogens with zero attached hydrogens (tertiary/aromatic N) is 2. The van der Waals surface area contributed by atoms with E-state index in [1.807, 2.05) is 30.3 Å². The molecule has 1 aliphatic heterocycles. The maximum absolute atomic E-state index is 12.5. The van der Waals surface area contributed by atoms with Crippen LogP contribution in [0.25, 0.3) is 0 Å². The Bertz CT molecular complexity index is 507. The van der Waals surface area contributed by atoms with E-state index >= 15 is 0 Å². The lowest BCUT2D eigenvalue weighted by Crippen LogP contribution is -2.47. The van der Waals surface area contributed by atoms with Crippen LogP contribution in [0.15, 0.2) is 30.3 Å². The molecule has 0 aromatic heterocycles. The second-order valence-corrected chi connectivity index (χ2v) is 6.06. The van der Waals surface area contributed by atoms with Crippen molar-refractivity contribution >= 4 is 23.8 Å². The van der Waals surface area contributed by atoms with Gasteiger partial charge in [-0.25, -0.2) is 9.59 Å². The Labute approximate surface area is 129 Å². The molecular formula is C15H20N2O3S. The highest BCUT2D eigenvalue weighted by Crippen LogP contribution is 2.42. The summed E-state index contributed by atoms with van der Waals surface area (Å²) >= 11 is 1.59. The number of esters is 1. The van der Waals surface area contributed by atoms with Crippen molar-refractivity contribution in [2.45, 2.75) is 18.3 Å². The van der Waals surface area contributed by atoms with Crippen molar-refractivity contribution in [3.8, 4) is 0 Å². The lowest BCUT2D eigenvalue weighted by molar-refractivity contribution is -0.147. The summed E-state index contributed by atoms with van der Waals surface area (Å²) in [5.74, 6) is 0.219. The SMILES string of the molecule is CCOC(=O)C1CSC(c2ccccc2)N1C(=O)N(C)C. The topological polar surface area (TPSA) is 49.9 Å². The van der Waals surface area contributed by atoms with E-state index in [1.165, 1.54) is 4.90 Å². The fraction of sp³-hybridized carbons (Fsp3) is 0.467. The zero-order valence-electron chi connectivity index (χ0n) is 12.5. The van der Waals surface area contributed by atoms with Gasteiger partial charge in [-0.15, -0.1) is 11.8 Å². The molecule has 1 aromatic rings. The van der Waals surface area contributed by atoms with Crippen LogP contribution < -0.4 is 0 Å². The molecule has 1 aliphatic rings. The van der Waals surface area contributed by atoms with Gasteiger partial charge in [0.2, 0.25) is 0 Å². The standard InChI is InChI=1S/C15H20N2O3S/c1-4-20-14(18)12-10-21-13(11-8-6-5-7-9-11)17(12)15(19)16(2)3/h5-9,12-13H,4,10H2,1-3H3. The number of carbonyl (C=O) groups excluding carboxylic acids is 2. The Morgan fingerprint density at radius 1 is 1.33 bits per heavy atom. The van der Waals surface area contributed by atoms with Crippen LogP contribution in [-0.2, 0) is 9.53 Å². The van der Waals surface area contributed by atoms with Gasteiger partial charge in [0.25, 0.3) is 0 Å². The molecular weight excluding hydrogens is 288 g/mol. The molecule has 0 spiro atoms. The second-order valence-electron chi connectivity index (χ2n) is 4.95. The third kappa shape index (κ3) is 3.32. The minimum atomic E-state index is -0.532. The van der Waals surface area contributed by atoms with E-state index < -0.39 is 6.04 Å². The first-order valence-electron chi connectivity index (χ1n) is 6.89. The summed E-state index contributed by atoms with van der Waals surface area (Å²) in [6.07, 6.45) is 0. The number of hydrogen-bond acceptors (Lipinski definition) is 4. The van der Waals surface area contributed by atoms with Crippen LogP contribution in [0, 0.1) is 0 Å². The van der Waals surface area contributed by atoms with Crippen LogP contribution in [-0.4, -0.2) is 54.3 Å². The van der Waals surface area contributed by atoms with Gasteiger partial charge in [-0.3, -0.25) is 4.90 Å². The highest BCUT2D eigenvalue weighted by Gasteiger charge is 2.43. The lowest BCUT2D eigenvalue weighted by atomic mass is 10.2. The van der Waals surface area contributed by atoms with Gasteiger partial charge >= 0.3 is 12.0 Å². The summed E-state index contributed by atoms with van der Waals surface area (Å²) in [5, 5.41) is -0.157. The second kappa shape index (κ2) is 6.85. The molecule has 2 atom stereocenters. The van der Waals surface area contributed by atoms with Crippen molar-refractivity contribution < 1.29 is 14.3 Å². The number of ether oxygens (including phenoxy) is 1. The Kier molecular flexibility index (Phi) is 5.12. The largest absolute Gasteiger partial charge is 0.464 e. The van der Waals surface area contributed by atoms with Gasteiger partial charge in [0.1, 0.15) is 11.4 Å². The first-order valence-corrected chi connectivity index (χ1v) is 7.94. The fourth-order valence-electron chi connectivity index (χ4n) is 2.27. The average molecular weight is 308 g/mol. The highest BCUT2D eigenvalue weighted by molar-refractivity contribution is 7.99. The van der Waals surface area contributed by atoms with E-state index in [2.05, 4.69) is 0 Å². The fourth-order valence-corrected chi connectivity index (χ4v) is 3.67. The summed E-state index contributed by atoms with van der Waals surface area (Å²) in [7, 11) is 3.38. The number of urea groups is 1. The molecule has 2 rings (SSSR count). The molecule has 5 nitrogen and oxygen atoms in total. The van der Waals surface area contributed by atoms with Crippen molar-refractivity contribution in [2.75, 3.05) is 26.5 Å². The van der Waals surface area contributed by atoms with E-state index in [0.717, 1.165) is 5.56 Å². The molecule has 2 unspecified atom stereocenters. The maximum Gasteiger partial charge on any atom is 0.329 e. The van der Waals surface area contributed by atoms with Crippen molar-refractivity contribution in [1.29, 1.82) is 0 Å². The van der Waals surface area contributed by atoms with Gasteiger partial charge in [-0.05, 0) is 12.5 Å². The number of rotatable bonds is 3. The zero-order valence-corrected chi connectivity index (χ0v) is 13.3. The van der Waals surface area contributed by atoms with Gasteiger partial charge in [-0.1, -0.05) is 30.3 Å². The third-order valence-corrected chi connectivity index (χ3v) is 4.57. The van der Waals surface area contributed by atoms with Crippen LogP contribution >= 0.6 is 11.8 Å². The third-order valence-electron chi connectivity index (χ3n) is 3.25. The van der Waals surface area contributed by atoms with E-state index in [0.29, 0.717) is 12.4 Å². The summed E-state index contributed by atoms with van der Waals surface area (Å²) in [5.41, 5.74) is 1.02. The average Bonchev–Trinajstić information content (AvgIpc) is 2.92. The first kappa shape index (κ1) is 15.7. The van der Waals surface area contributed by atoms with Crippen LogP contribution in [0.4, 0.5) is 4.79 Å². The van der Waals surface area contributed by atoms with Gasteiger partial charge in [0.05, 0.1) is 6.61 Å². The maximum atomic E-state index is 12.5. The monoisotopic (exact) mass is 308 g/mol. The molecule has 114 valence electrons. The minimum absolute atomic E-state index is 0.157. The molecule has 1 saturated heterocycles. The quantitative estimate of drug-likeness (QED) is 0.804. The number of hydrogen-bond donors (Lipinski definition) is 0. The molecule has 21 heavy (non-hydrogen) atoms. The van der Waals surface area contributed by atoms with E-state index in [9.17, 15) is 9.59 Å². The summed E-state index contributed by atoms with van der Waals surface area (Å²) < 4.78 is 5.11. The number of carbonyl (C=O) groups is 2. The Hall–Kier alpha value is -1.69. The molecule has 1 heterocycles. The predicted octanol–water partition coefficient (Wildman–Crippen LogP) is 2.35. The molecule has 0 aliphatic carbocycles. The number of amides is 2. The van der Waals surface area contributed by atoms with Crippen molar-refractivity contribution in [3.63, 3.8) is 0 Å². The van der Waals surface area contributed by atoms with E-state index in [4.69, 9.17) is 4.74 Å². The van der Waals surface area contributed by atoms with Crippen molar-refractivity contribution in [1.82, 2.24) is 9.80 Å². The zero-order chi connectivity index (χ0) is 15.4. The Balaban J connectivity index is 2.29. The molecule has 0 radical (unpaired) electrons. The smallest absolute Gasteiger partial charge is 0.329 e. The molecule has 6 heteroatoms. The molecule has 0 saturated carbocycles. The van der Waals surface area contributed by atoms with Crippen LogP contribution in [0.5, 0.6) is 0 Å². The highest BCUT2D eigenvalue weighted by atomic mass is 32.2. The van der Waals surface area contributed by atoms with Gasteiger partial charge in [-0.2, -0.15) is 0 Å².